The van der Waals surface area contributed by atoms with Gasteiger partial charge in [0.05, 0.1) is 24.9 Å². The predicted octanol–water partition coefficient (Wildman–Crippen LogP) is 0.416. The first-order valence-electron chi connectivity index (χ1n) is 5.33. The second kappa shape index (κ2) is 5.18. The molecule has 2 heterocycles. The highest BCUT2D eigenvalue weighted by Crippen LogP contribution is 2.15. The Morgan fingerprint density at radius 1 is 1.69 bits per heavy atom. The minimum absolute atomic E-state index is 0.178. The molecule has 0 radical (unpaired) electrons. The number of hydrogen-bond donors (Lipinski definition) is 0. The summed E-state index contributed by atoms with van der Waals surface area (Å²) in [6, 6.07) is 0. The first-order valence-corrected chi connectivity index (χ1v) is 5.33. The summed E-state index contributed by atoms with van der Waals surface area (Å²) in [6.45, 7) is 1.78. The summed E-state index contributed by atoms with van der Waals surface area (Å²) in [5.41, 5.74) is 1.06. The van der Waals surface area contributed by atoms with Crippen molar-refractivity contribution in [3.05, 3.63) is 11.4 Å². The Morgan fingerprint density at radius 3 is 3.19 bits per heavy atom. The van der Waals surface area contributed by atoms with Crippen molar-refractivity contribution in [3.8, 4) is 0 Å². The number of carbonyl (C=O) groups is 1. The maximum Gasteiger partial charge on any atom is 0.172 e. The second-order valence-corrected chi connectivity index (χ2v) is 3.79. The summed E-state index contributed by atoms with van der Waals surface area (Å²) >= 11 is 0. The normalized spacial score (nSPS) is 20.2. The molecule has 1 unspecified atom stereocenters. The molecule has 1 atom stereocenters. The Balaban J connectivity index is 2.12. The van der Waals surface area contributed by atoms with Gasteiger partial charge in [-0.3, -0.25) is 4.79 Å². The van der Waals surface area contributed by atoms with Crippen molar-refractivity contribution in [1.29, 1.82) is 0 Å². The molecule has 0 spiro atoms. The number of aromatic nitrogens is 3. The molecule has 6 heteroatoms. The van der Waals surface area contributed by atoms with E-state index in [0.29, 0.717) is 30.8 Å². The van der Waals surface area contributed by atoms with Gasteiger partial charge in [-0.25, -0.2) is 4.68 Å². The molecule has 1 fully saturated rings. The largest absolute Gasteiger partial charge is 0.378 e. The topological polar surface area (TPSA) is 66.2 Å². The number of aldehydes is 1. The van der Waals surface area contributed by atoms with Crippen LogP contribution < -0.4 is 0 Å². The maximum atomic E-state index is 10.8. The lowest BCUT2D eigenvalue weighted by Gasteiger charge is -2.11. The van der Waals surface area contributed by atoms with E-state index in [0.717, 1.165) is 19.4 Å². The van der Waals surface area contributed by atoms with E-state index in [9.17, 15) is 4.79 Å². The summed E-state index contributed by atoms with van der Waals surface area (Å²) in [5, 5.41) is 7.75. The Morgan fingerprint density at radius 2 is 2.56 bits per heavy atom. The Hall–Kier alpha value is -1.27. The third kappa shape index (κ3) is 2.28. The standard InChI is InChI=1S/C10H15N3O3/c1-15-7-10-9(6-14)11-12-13(10)5-8-3-2-4-16-8/h6,8H,2-5,7H2,1H3. The Labute approximate surface area is 93.5 Å². The highest BCUT2D eigenvalue weighted by Gasteiger charge is 2.20. The molecule has 1 aromatic rings. The van der Waals surface area contributed by atoms with Crippen molar-refractivity contribution in [1.82, 2.24) is 15.0 Å². The predicted molar refractivity (Wildman–Crippen MR) is 55.1 cm³/mol. The number of methoxy groups -OCH3 is 1. The van der Waals surface area contributed by atoms with E-state index in [4.69, 9.17) is 9.47 Å². The van der Waals surface area contributed by atoms with Gasteiger partial charge in [0, 0.05) is 13.7 Å². The van der Waals surface area contributed by atoms with Crippen molar-refractivity contribution in [3.63, 3.8) is 0 Å². The molecule has 1 aromatic heterocycles. The molecule has 1 aliphatic rings. The van der Waals surface area contributed by atoms with Gasteiger partial charge in [-0.2, -0.15) is 0 Å². The maximum absolute atomic E-state index is 10.8. The molecule has 6 nitrogen and oxygen atoms in total. The van der Waals surface area contributed by atoms with E-state index >= 15 is 0 Å². The minimum Gasteiger partial charge on any atom is -0.378 e. The number of hydrogen-bond acceptors (Lipinski definition) is 5. The Bertz CT molecular complexity index is 358. The van der Waals surface area contributed by atoms with Crippen molar-refractivity contribution >= 4 is 6.29 Å². The van der Waals surface area contributed by atoms with Crippen LogP contribution in [-0.4, -0.2) is 41.1 Å². The number of carbonyl (C=O) groups excluding carboxylic acids is 1. The minimum atomic E-state index is 0.178. The van der Waals surface area contributed by atoms with Gasteiger partial charge in [-0.15, -0.1) is 5.10 Å². The average molecular weight is 225 g/mol. The molecular weight excluding hydrogens is 210 g/mol. The van der Waals surface area contributed by atoms with Gasteiger partial charge in [-0.1, -0.05) is 5.21 Å². The zero-order valence-electron chi connectivity index (χ0n) is 9.26. The fraction of sp³-hybridized carbons (Fsp3) is 0.700. The first kappa shape index (κ1) is 11.2. The van der Waals surface area contributed by atoms with Gasteiger partial charge in [0.1, 0.15) is 0 Å². The number of ether oxygens (including phenoxy) is 2. The third-order valence-electron chi connectivity index (χ3n) is 2.66. The summed E-state index contributed by atoms with van der Waals surface area (Å²) < 4.78 is 12.2. The monoisotopic (exact) mass is 225 g/mol. The molecule has 0 N–H and O–H groups in total. The molecule has 0 amide bonds. The molecule has 1 saturated heterocycles. The van der Waals surface area contributed by atoms with Crippen LogP contribution in [0.1, 0.15) is 29.0 Å². The first-order chi connectivity index (χ1) is 7.85. The molecule has 0 bridgehead atoms. The van der Waals surface area contributed by atoms with Crippen molar-refractivity contribution in [2.45, 2.75) is 32.1 Å². The van der Waals surface area contributed by atoms with Crippen LogP contribution in [0.15, 0.2) is 0 Å². The molecule has 88 valence electrons. The van der Waals surface area contributed by atoms with Crippen molar-refractivity contribution in [2.24, 2.45) is 0 Å². The van der Waals surface area contributed by atoms with E-state index in [1.165, 1.54) is 0 Å². The lowest BCUT2D eigenvalue weighted by molar-refractivity contribution is 0.0898. The lowest BCUT2D eigenvalue weighted by Crippen LogP contribution is -2.18. The summed E-state index contributed by atoms with van der Waals surface area (Å²) in [6.07, 6.45) is 2.99. The molecule has 16 heavy (non-hydrogen) atoms. The zero-order valence-corrected chi connectivity index (χ0v) is 9.26. The molecule has 2 rings (SSSR count). The quantitative estimate of drug-likeness (QED) is 0.679. The molecule has 0 aliphatic carbocycles. The summed E-state index contributed by atoms with van der Waals surface area (Å²) in [4.78, 5) is 10.8. The van der Waals surface area contributed by atoms with Crippen LogP contribution in [0.4, 0.5) is 0 Å². The van der Waals surface area contributed by atoms with E-state index in [-0.39, 0.29) is 6.10 Å². The van der Waals surface area contributed by atoms with Gasteiger partial charge in [0.25, 0.3) is 0 Å². The smallest absolute Gasteiger partial charge is 0.172 e. The molecule has 0 aromatic carbocycles. The number of nitrogens with zero attached hydrogens (tertiary/aromatic N) is 3. The van der Waals surface area contributed by atoms with Gasteiger partial charge in [-0.05, 0) is 12.8 Å². The molecule has 1 aliphatic heterocycles. The van der Waals surface area contributed by atoms with Crippen LogP contribution in [0.3, 0.4) is 0 Å². The lowest BCUT2D eigenvalue weighted by atomic mass is 10.2. The van der Waals surface area contributed by atoms with Crippen LogP contribution in [0.5, 0.6) is 0 Å². The van der Waals surface area contributed by atoms with E-state index in [1.807, 2.05) is 0 Å². The van der Waals surface area contributed by atoms with Gasteiger partial charge in [0.2, 0.25) is 0 Å². The highest BCUT2D eigenvalue weighted by atomic mass is 16.5. The van der Waals surface area contributed by atoms with E-state index in [2.05, 4.69) is 10.3 Å². The van der Waals surface area contributed by atoms with E-state index < -0.39 is 0 Å². The number of rotatable bonds is 5. The van der Waals surface area contributed by atoms with Gasteiger partial charge >= 0.3 is 0 Å². The Kier molecular flexibility index (Phi) is 3.63. The molecule has 0 saturated carbocycles. The van der Waals surface area contributed by atoms with Crippen molar-refractivity contribution < 1.29 is 14.3 Å². The second-order valence-electron chi connectivity index (χ2n) is 3.79. The molecular formula is C10H15N3O3. The van der Waals surface area contributed by atoms with E-state index in [1.54, 1.807) is 11.8 Å². The zero-order chi connectivity index (χ0) is 11.4. The SMILES string of the molecule is COCc1c(C=O)nnn1CC1CCCO1. The van der Waals surface area contributed by atoms with Crippen LogP contribution in [0.2, 0.25) is 0 Å². The fourth-order valence-electron chi connectivity index (χ4n) is 1.85. The summed E-state index contributed by atoms with van der Waals surface area (Å²) in [7, 11) is 1.58. The summed E-state index contributed by atoms with van der Waals surface area (Å²) in [5.74, 6) is 0. The van der Waals surface area contributed by atoms with Gasteiger partial charge < -0.3 is 9.47 Å². The highest BCUT2D eigenvalue weighted by molar-refractivity contribution is 5.73. The van der Waals surface area contributed by atoms with Crippen LogP contribution >= 0.6 is 0 Å². The van der Waals surface area contributed by atoms with Crippen molar-refractivity contribution in [2.75, 3.05) is 13.7 Å². The van der Waals surface area contributed by atoms with Crippen LogP contribution in [0.25, 0.3) is 0 Å². The van der Waals surface area contributed by atoms with Gasteiger partial charge in [0.15, 0.2) is 12.0 Å². The fourth-order valence-corrected chi connectivity index (χ4v) is 1.85. The van der Waals surface area contributed by atoms with Crippen LogP contribution in [-0.2, 0) is 22.6 Å². The average Bonchev–Trinajstić information content (AvgIpc) is 2.91. The van der Waals surface area contributed by atoms with Crippen LogP contribution in [0, 0.1) is 0 Å². The third-order valence-corrected chi connectivity index (χ3v) is 2.66.